The van der Waals surface area contributed by atoms with Crippen molar-refractivity contribution in [2.45, 2.75) is 32.6 Å². The van der Waals surface area contributed by atoms with E-state index in [1.54, 1.807) is 0 Å². The molecule has 19 heavy (non-hydrogen) atoms. The van der Waals surface area contributed by atoms with Gasteiger partial charge in [0.25, 0.3) is 0 Å². The van der Waals surface area contributed by atoms with Gasteiger partial charge in [0.15, 0.2) is 0 Å². The normalized spacial score (nSPS) is 13.1. The molecule has 0 aliphatic rings. The lowest BCUT2D eigenvalue weighted by Gasteiger charge is -2.17. The Morgan fingerprint density at radius 1 is 1.32 bits per heavy atom. The lowest BCUT2D eigenvalue weighted by Crippen LogP contribution is -2.32. The molecule has 0 saturated carbocycles. The summed E-state index contributed by atoms with van der Waals surface area (Å²) in [6.45, 7) is 4.53. The Kier molecular flexibility index (Phi) is 9.54. The van der Waals surface area contributed by atoms with Crippen molar-refractivity contribution < 1.29 is 13.6 Å². The summed E-state index contributed by atoms with van der Waals surface area (Å²) in [5.41, 5.74) is 5.34. The van der Waals surface area contributed by atoms with Crippen LogP contribution in [0.25, 0.3) is 0 Å². The minimum Gasteiger partial charge on any atom is -0.409 e. The summed E-state index contributed by atoms with van der Waals surface area (Å²) in [7, 11) is -3.07. The molecule has 0 amide bonds. The van der Waals surface area contributed by atoms with Crippen LogP contribution in [0, 0.1) is 0 Å². The third-order valence-corrected chi connectivity index (χ3v) is 4.13. The van der Waals surface area contributed by atoms with Crippen LogP contribution in [0.5, 0.6) is 0 Å². The molecule has 0 radical (unpaired) electrons. The molecule has 0 rings (SSSR count). The van der Waals surface area contributed by atoms with E-state index in [-0.39, 0.29) is 5.84 Å². The second kappa shape index (κ2) is 9.99. The number of oxime groups is 1. The molecular weight excluding hydrogens is 268 g/mol. The van der Waals surface area contributed by atoms with Gasteiger partial charge in [-0.3, -0.25) is 0 Å². The third-order valence-electron chi connectivity index (χ3n) is 2.75. The van der Waals surface area contributed by atoms with Gasteiger partial charge < -0.3 is 16.3 Å². The Bertz CT molecular complexity index is 357. The van der Waals surface area contributed by atoms with E-state index in [9.17, 15) is 8.42 Å². The van der Waals surface area contributed by atoms with E-state index in [2.05, 4.69) is 10.5 Å². The average Bonchev–Trinajstić information content (AvgIpc) is 2.35. The van der Waals surface area contributed by atoms with E-state index in [4.69, 9.17) is 10.9 Å². The number of sulfonamides is 1. The van der Waals surface area contributed by atoms with E-state index < -0.39 is 10.0 Å². The van der Waals surface area contributed by atoms with Gasteiger partial charge in [0.1, 0.15) is 5.84 Å². The van der Waals surface area contributed by atoms with Crippen LogP contribution in [-0.4, -0.2) is 56.2 Å². The summed E-state index contributed by atoms with van der Waals surface area (Å²) in [6.07, 6.45) is 4.43. The predicted molar refractivity (Wildman–Crippen MR) is 76.8 cm³/mol. The average molecular weight is 294 g/mol. The van der Waals surface area contributed by atoms with Gasteiger partial charge >= 0.3 is 0 Å². The molecule has 0 unspecified atom stereocenters. The van der Waals surface area contributed by atoms with Crippen molar-refractivity contribution >= 4 is 15.9 Å². The molecule has 114 valence electrons. The standard InChI is InChI=1S/C11H26N4O3S/c1-3-15(19(2,17)18)10-6-9-13-8-5-4-7-11(12)14-16/h13,16H,3-10H2,1-2H3,(H2,12,14). The molecule has 0 fully saturated rings. The van der Waals surface area contributed by atoms with Crippen molar-refractivity contribution in [3.05, 3.63) is 0 Å². The van der Waals surface area contributed by atoms with Gasteiger partial charge in [0.05, 0.1) is 6.26 Å². The van der Waals surface area contributed by atoms with Crippen molar-refractivity contribution in [1.82, 2.24) is 9.62 Å². The van der Waals surface area contributed by atoms with Crippen LogP contribution in [-0.2, 0) is 10.0 Å². The Morgan fingerprint density at radius 2 is 1.95 bits per heavy atom. The molecule has 0 aromatic carbocycles. The van der Waals surface area contributed by atoms with Crippen molar-refractivity contribution in [2.75, 3.05) is 32.4 Å². The number of amidine groups is 1. The van der Waals surface area contributed by atoms with E-state index in [1.807, 2.05) is 6.92 Å². The summed E-state index contributed by atoms with van der Waals surface area (Å²) >= 11 is 0. The van der Waals surface area contributed by atoms with E-state index >= 15 is 0 Å². The fourth-order valence-corrected chi connectivity index (χ4v) is 2.60. The molecule has 0 atom stereocenters. The topological polar surface area (TPSA) is 108 Å². The third kappa shape index (κ3) is 9.69. The zero-order chi connectivity index (χ0) is 14.7. The van der Waals surface area contributed by atoms with Crippen LogP contribution in [0.4, 0.5) is 0 Å². The van der Waals surface area contributed by atoms with Gasteiger partial charge in [0, 0.05) is 19.5 Å². The maximum absolute atomic E-state index is 11.3. The highest BCUT2D eigenvalue weighted by Crippen LogP contribution is 1.98. The molecule has 0 aromatic rings. The molecule has 8 heteroatoms. The number of nitrogens with one attached hydrogen (secondary N) is 1. The molecular formula is C11H26N4O3S. The molecule has 0 heterocycles. The SMILES string of the molecule is CCN(CCCNCCCCC(N)=NO)S(C)(=O)=O. The first-order chi connectivity index (χ1) is 8.91. The van der Waals surface area contributed by atoms with E-state index in [0.29, 0.717) is 19.5 Å². The van der Waals surface area contributed by atoms with Gasteiger partial charge in [-0.2, -0.15) is 0 Å². The first kappa shape index (κ1) is 18.1. The lowest BCUT2D eigenvalue weighted by atomic mass is 10.2. The van der Waals surface area contributed by atoms with Crippen LogP contribution in [0.2, 0.25) is 0 Å². The van der Waals surface area contributed by atoms with E-state index in [1.165, 1.54) is 10.6 Å². The molecule has 0 bridgehead atoms. The summed E-state index contributed by atoms with van der Waals surface area (Å²) in [5.74, 6) is 0.256. The van der Waals surface area contributed by atoms with Gasteiger partial charge in [-0.25, -0.2) is 12.7 Å². The maximum Gasteiger partial charge on any atom is 0.211 e. The lowest BCUT2D eigenvalue weighted by molar-refractivity contribution is 0.316. The fourth-order valence-electron chi connectivity index (χ4n) is 1.67. The zero-order valence-corrected chi connectivity index (χ0v) is 12.6. The summed E-state index contributed by atoms with van der Waals surface area (Å²) in [4.78, 5) is 0. The molecule has 4 N–H and O–H groups in total. The van der Waals surface area contributed by atoms with Crippen LogP contribution in [0.3, 0.4) is 0 Å². The quantitative estimate of drug-likeness (QED) is 0.165. The van der Waals surface area contributed by atoms with Crippen LogP contribution in [0.15, 0.2) is 5.16 Å². The van der Waals surface area contributed by atoms with Gasteiger partial charge in [0.2, 0.25) is 10.0 Å². The highest BCUT2D eigenvalue weighted by atomic mass is 32.2. The molecule has 0 spiro atoms. The minimum absolute atomic E-state index is 0.256. The molecule has 0 aliphatic carbocycles. The number of hydrogen-bond acceptors (Lipinski definition) is 5. The first-order valence-electron chi connectivity index (χ1n) is 6.54. The van der Waals surface area contributed by atoms with Crippen molar-refractivity contribution in [1.29, 1.82) is 0 Å². The largest absolute Gasteiger partial charge is 0.409 e. The number of nitrogens with two attached hydrogens (primary N) is 1. The number of rotatable bonds is 11. The Balaban J connectivity index is 3.50. The van der Waals surface area contributed by atoms with Gasteiger partial charge in [-0.15, -0.1) is 0 Å². The monoisotopic (exact) mass is 294 g/mol. The van der Waals surface area contributed by atoms with Crippen LogP contribution >= 0.6 is 0 Å². The van der Waals surface area contributed by atoms with Crippen molar-refractivity contribution in [3.8, 4) is 0 Å². The molecule has 7 nitrogen and oxygen atoms in total. The number of hydrogen-bond donors (Lipinski definition) is 3. The predicted octanol–water partition coefficient (Wildman–Crippen LogP) is 0.164. The smallest absolute Gasteiger partial charge is 0.211 e. The summed E-state index contributed by atoms with van der Waals surface area (Å²) < 4.78 is 24.1. The number of unbranched alkanes of at least 4 members (excludes halogenated alkanes) is 1. The van der Waals surface area contributed by atoms with Crippen LogP contribution < -0.4 is 11.1 Å². The molecule has 0 saturated heterocycles. The summed E-state index contributed by atoms with van der Waals surface area (Å²) in [6, 6.07) is 0. The number of nitrogens with zero attached hydrogens (tertiary/aromatic N) is 2. The van der Waals surface area contributed by atoms with Crippen LogP contribution in [0.1, 0.15) is 32.6 Å². The van der Waals surface area contributed by atoms with E-state index in [0.717, 1.165) is 32.4 Å². The summed E-state index contributed by atoms with van der Waals surface area (Å²) in [5, 5.41) is 14.5. The highest BCUT2D eigenvalue weighted by molar-refractivity contribution is 7.88. The first-order valence-corrected chi connectivity index (χ1v) is 8.38. The molecule has 0 aromatic heterocycles. The van der Waals surface area contributed by atoms with Gasteiger partial charge in [-0.1, -0.05) is 12.1 Å². The van der Waals surface area contributed by atoms with Gasteiger partial charge in [-0.05, 0) is 32.4 Å². The van der Waals surface area contributed by atoms with Crippen molar-refractivity contribution in [3.63, 3.8) is 0 Å². The zero-order valence-electron chi connectivity index (χ0n) is 11.8. The highest BCUT2D eigenvalue weighted by Gasteiger charge is 2.12. The Labute approximate surface area is 115 Å². The Morgan fingerprint density at radius 3 is 2.47 bits per heavy atom. The van der Waals surface area contributed by atoms with Crippen molar-refractivity contribution in [2.24, 2.45) is 10.9 Å². The minimum atomic E-state index is -3.07. The Hall–Kier alpha value is -0.860. The second-order valence-corrected chi connectivity index (χ2v) is 6.39. The molecule has 0 aliphatic heterocycles. The second-order valence-electron chi connectivity index (χ2n) is 4.41. The maximum atomic E-state index is 11.3. The fraction of sp³-hybridized carbons (Fsp3) is 0.909.